The van der Waals surface area contributed by atoms with Crippen molar-refractivity contribution in [2.75, 3.05) is 0 Å². The normalized spacial score (nSPS) is 24.1. The summed E-state index contributed by atoms with van der Waals surface area (Å²) in [7, 11) is 0. The van der Waals surface area contributed by atoms with Gasteiger partial charge in [0.05, 0.1) is 0 Å². The van der Waals surface area contributed by atoms with Crippen molar-refractivity contribution in [1.29, 1.82) is 0 Å². The number of hydrogen-bond acceptors (Lipinski definition) is 2. The first-order valence-corrected chi connectivity index (χ1v) is 6.48. The molecule has 0 aromatic heterocycles. The van der Waals surface area contributed by atoms with Crippen LogP contribution in [0, 0.1) is 11.3 Å². The van der Waals surface area contributed by atoms with Gasteiger partial charge in [0.1, 0.15) is 11.6 Å². The molecule has 2 nitrogen and oxygen atoms in total. The van der Waals surface area contributed by atoms with Crippen LogP contribution >= 0.6 is 0 Å². The zero-order valence-corrected chi connectivity index (χ0v) is 11.5. The first kappa shape index (κ1) is 14.1. The summed E-state index contributed by atoms with van der Waals surface area (Å²) < 4.78 is 0. The van der Waals surface area contributed by atoms with Crippen LogP contribution in [0.4, 0.5) is 0 Å². The van der Waals surface area contributed by atoms with Crippen LogP contribution in [0.3, 0.4) is 0 Å². The fraction of sp³-hybridized carbons (Fsp3) is 0.733. The van der Waals surface area contributed by atoms with Crippen LogP contribution in [0.2, 0.25) is 0 Å². The first-order chi connectivity index (χ1) is 7.80. The molecule has 1 aliphatic rings. The van der Waals surface area contributed by atoms with Crippen molar-refractivity contribution in [2.45, 2.75) is 59.8 Å². The minimum atomic E-state index is 0.182. The summed E-state index contributed by atoms with van der Waals surface area (Å²) >= 11 is 0. The minimum absolute atomic E-state index is 0.182. The predicted molar refractivity (Wildman–Crippen MR) is 69.8 cm³/mol. The molecule has 1 rings (SSSR count). The number of hydrogen-bond donors (Lipinski definition) is 0. The number of carbonyl (C=O) groups excluding carboxylic acids is 2. The van der Waals surface area contributed by atoms with E-state index in [1.54, 1.807) is 6.92 Å². The maximum Gasteiger partial charge on any atom is 0.136 e. The van der Waals surface area contributed by atoms with Crippen LogP contribution in [0.25, 0.3) is 0 Å². The van der Waals surface area contributed by atoms with Gasteiger partial charge in [0.25, 0.3) is 0 Å². The van der Waals surface area contributed by atoms with E-state index in [9.17, 15) is 9.59 Å². The SMILES string of the molecule is CC(=O)CCC=C(C)CC1CC(C)(C)CC1=O. The summed E-state index contributed by atoms with van der Waals surface area (Å²) in [6.07, 6.45) is 6.13. The topological polar surface area (TPSA) is 34.1 Å². The Bertz CT molecular complexity index is 337. The molecule has 0 heterocycles. The third-order valence-electron chi connectivity index (χ3n) is 3.46. The Hall–Kier alpha value is -0.920. The van der Waals surface area contributed by atoms with Crippen molar-refractivity contribution in [3.63, 3.8) is 0 Å². The van der Waals surface area contributed by atoms with Crippen LogP contribution in [0.1, 0.15) is 59.8 Å². The molecule has 0 aromatic carbocycles. The highest BCUT2D eigenvalue weighted by Gasteiger charge is 2.37. The van der Waals surface area contributed by atoms with E-state index in [1.165, 1.54) is 5.57 Å². The van der Waals surface area contributed by atoms with Gasteiger partial charge in [0.2, 0.25) is 0 Å². The molecule has 1 aliphatic carbocycles. The van der Waals surface area contributed by atoms with Gasteiger partial charge < -0.3 is 4.79 Å². The largest absolute Gasteiger partial charge is 0.300 e. The Kier molecular flexibility index (Phi) is 4.67. The molecule has 1 fully saturated rings. The second kappa shape index (κ2) is 5.61. The van der Waals surface area contributed by atoms with E-state index in [0.717, 1.165) is 25.7 Å². The van der Waals surface area contributed by atoms with Gasteiger partial charge in [-0.2, -0.15) is 0 Å². The summed E-state index contributed by atoms with van der Waals surface area (Å²) in [5.74, 6) is 0.847. The predicted octanol–water partition coefficient (Wildman–Crippen LogP) is 3.70. The second-order valence-electron chi connectivity index (χ2n) is 6.20. The molecule has 0 radical (unpaired) electrons. The number of Topliss-reactive ketones (excluding diaryl/α,β-unsaturated/α-hetero) is 2. The molecule has 0 N–H and O–H groups in total. The standard InChI is InChI=1S/C15H24O2/c1-11(6-5-7-12(2)16)8-13-9-15(3,4)10-14(13)17/h6,13H,5,7-10H2,1-4H3. The number of carbonyl (C=O) groups is 2. The van der Waals surface area contributed by atoms with Crippen LogP contribution in [0.15, 0.2) is 11.6 Å². The van der Waals surface area contributed by atoms with Crippen LogP contribution in [-0.4, -0.2) is 11.6 Å². The van der Waals surface area contributed by atoms with E-state index >= 15 is 0 Å². The smallest absolute Gasteiger partial charge is 0.136 e. The summed E-state index contributed by atoms with van der Waals surface area (Å²) in [5, 5.41) is 0. The average Bonchev–Trinajstić information content (AvgIpc) is 2.38. The highest BCUT2D eigenvalue weighted by Crippen LogP contribution is 2.40. The van der Waals surface area contributed by atoms with E-state index < -0.39 is 0 Å². The minimum Gasteiger partial charge on any atom is -0.300 e. The molecule has 1 unspecified atom stereocenters. The van der Waals surface area contributed by atoms with E-state index in [4.69, 9.17) is 0 Å². The van der Waals surface area contributed by atoms with Crippen molar-refractivity contribution >= 4 is 11.6 Å². The Labute approximate surface area is 104 Å². The molecular weight excluding hydrogens is 212 g/mol. The van der Waals surface area contributed by atoms with Gasteiger partial charge >= 0.3 is 0 Å². The average molecular weight is 236 g/mol. The molecule has 1 atom stereocenters. The molecule has 17 heavy (non-hydrogen) atoms. The van der Waals surface area contributed by atoms with Crippen molar-refractivity contribution in [1.82, 2.24) is 0 Å². The summed E-state index contributed by atoms with van der Waals surface area (Å²) in [6, 6.07) is 0. The van der Waals surface area contributed by atoms with Gasteiger partial charge in [-0.1, -0.05) is 25.5 Å². The second-order valence-corrected chi connectivity index (χ2v) is 6.20. The van der Waals surface area contributed by atoms with Gasteiger partial charge in [-0.15, -0.1) is 0 Å². The van der Waals surface area contributed by atoms with Gasteiger partial charge in [0, 0.05) is 18.8 Å². The van der Waals surface area contributed by atoms with Gasteiger partial charge in [-0.25, -0.2) is 0 Å². The van der Waals surface area contributed by atoms with Gasteiger partial charge in [-0.3, -0.25) is 4.79 Å². The molecule has 0 spiro atoms. The van der Waals surface area contributed by atoms with E-state index in [-0.39, 0.29) is 17.1 Å². The van der Waals surface area contributed by atoms with Gasteiger partial charge in [-0.05, 0) is 38.5 Å². The Morgan fingerprint density at radius 1 is 1.41 bits per heavy atom. The summed E-state index contributed by atoms with van der Waals surface area (Å²) in [6.45, 7) is 8.02. The molecule has 0 aliphatic heterocycles. The lowest BCUT2D eigenvalue weighted by Gasteiger charge is -2.15. The lowest BCUT2D eigenvalue weighted by Crippen LogP contribution is -2.06. The number of ketones is 2. The van der Waals surface area contributed by atoms with Crippen molar-refractivity contribution in [2.24, 2.45) is 11.3 Å². The molecule has 1 saturated carbocycles. The van der Waals surface area contributed by atoms with Crippen LogP contribution in [0.5, 0.6) is 0 Å². The zero-order valence-electron chi connectivity index (χ0n) is 11.5. The van der Waals surface area contributed by atoms with Crippen LogP contribution in [-0.2, 0) is 9.59 Å². The van der Waals surface area contributed by atoms with Crippen molar-refractivity contribution in [3.8, 4) is 0 Å². The molecule has 0 bridgehead atoms. The van der Waals surface area contributed by atoms with E-state index in [1.807, 2.05) is 0 Å². The Morgan fingerprint density at radius 2 is 2.06 bits per heavy atom. The quantitative estimate of drug-likeness (QED) is 0.682. The summed E-state index contributed by atoms with van der Waals surface area (Å²) in [4.78, 5) is 22.6. The molecular formula is C15H24O2. The Balaban J connectivity index is 2.44. The van der Waals surface area contributed by atoms with E-state index in [2.05, 4.69) is 26.8 Å². The highest BCUT2D eigenvalue weighted by molar-refractivity contribution is 5.84. The maximum atomic E-state index is 11.8. The fourth-order valence-electron chi connectivity index (χ4n) is 2.65. The highest BCUT2D eigenvalue weighted by atomic mass is 16.1. The summed E-state index contributed by atoms with van der Waals surface area (Å²) in [5.41, 5.74) is 1.43. The van der Waals surface area contributed by atoms with Crippen molar-refractivity contribution in [3.05, 3.63) is 11.6 Å². The molecule has 96 valence electrons. The third kappa shape index (κ3) is 4.84. The third-order valence-corrected chi connectivity index (χ3v) is 3.46. The molecule has 0 saturated heterocycles. The molecule has 2 heteroatoms. The molecule has 0 aromatic rings. The van der Waals surface area contributed by atoms with Crippen LogP contribution < -0.4 is 0 Å². The number of rotatable bonds is 5. The monoisotopic (exact) mass is 236 g/mol. The van der Waals surface area contributed by atoms with E-state index in [0.29, 0.717) is 12.2 Å². The lowest BCUT2D eigenvalue weighted by molar-refractivity contribution is -0.121. The first-order valence-electron chi connectivity index (χ1n) is 6.48. The number of allylic oxidation sites excluding steroid dienone is 2. The Morgan fingerprint density at radius 3 is 2.53 bits per heavy atom. The lowest BCUT2D eigenvalue weighted by atomic mass is 9.89. The maximum absolute atomic E-state index is 11.8. The van der Waals surface area contributed by atoms with Crippen molar-refractivity contribution < 1.29 is 9.59 Å². The zero-order chi connectivity index (χ0) is 13.1. The van der Waals surface area contributed by atoms with Gasteiger partial charge in [0.15, 0.2) is 0 Å². The fourth-order valence-corrected chi connectivity index (χ4v) is 2.65. The molecule has 0 amide bonds.